The van der Waals surface area contributed by atoms with Crippen molar-refractivity contribution in [2.45, 2.75) is 19.4 Å². The zero-order chi connectivity index (χ0) is 17.3. The van der Waals surface area contributed by atoms with E-state index in [2.05, 4.69) is 4.98 Å². The van der Waals surface area contributed by atoms with Crippen molar-refractivity contribution in [3.8, 4) is 0 Å². The topological polar surface area (TPSA) is 81.2 Å². The zero-order valence-electron chi connectivity index (χ0n) is 12.8. The Bertz CT molecular complexity index is 778. The molecule has 8 heteroatoms. The predicted molar refractivity (Wildman–Crippen MR) is 81.1 cm³/mol. The van der Waals surface area contributed by atoms with Crippen molar-refractivity contribution >= 4 is 11.8 Å². The van der Waals surface area contributed by atoms with E-state index in [-0.39, 0.29) is 23.6 Å². The van der Waals surface area contributed by atoms with Gasteiger partial charge >= 0.3 is 0 Å². The Morgan fingerprint density at radius 3 is 2.75 bits per heavy atom. The molecule has 3 rings (SSSR count). The number of imidazole rings is 1. The first kappa shape index (κ1) is 16.1. The van der Waals surface area contributed by atoms with Gasteiger partial charge in [-0.15, -0.1) is 0 Å². The number of primary amides is 1. The Hall–Kier alpha value is -2.77. The number of carbonyl (C=O) groups is 2. The number of nitrogens with two attached hydrogens (primary N) is 1. The van der Waals surface area contributed by atoms with Crippen molar-refractivity contribution in [1.82, 2.24) is 14.5 Å². The SMILES string of the molecule is NC(=O)c1cn2c(n1)CCN(C(=O)Cc1cccc(F)c1F)CC2. The number of hydrogen-bond donors (Lipinski definition) is 1. The van der Waals surface area contributed by atoms with E-state index in [1.165, 1.54) is 12.1 Å². The largest absolute Gasteiger partial charge is 0.364 e. The second-order valence-corrected chi connectivity index (χ2v) is 5.62. The van der Waals surface area contributed by atoms with Gasteiger partial charge in [-0.1, -0.05) is 12.1 Å². The zero-order valence-corrected chi connectivity index (χ0v) is 12.8. The Morgan fingerprint density at radius 1 is 1.21 bits per heavy atom. The van der Waals surface area contributed by atoms with Crippen LogP contribution < -0.4 is 5.73 Å². The first-order chi connectivity index (χ1) is 11.5. The minimum atomic E-state index is -0.986. The van der Waals surface area contributed by atoms with Gasteiger partial charge in [-0.25, -0.2) is 13.8 Å². The molecule has 126 valence electrons. The number of nitrogens with zero attached hydrogens (tertiary/aromatic N) is 3. The molecule has 0 saturated carbocycles. The van der Waals surface area contributed by atoms with Crippen LogP contribution in [0, 0.1) is 11.6 Å². The molecular weight excluding hydrogens is 318 g/mol. The molecule has 1 aliphatic rings. The van der Waals surface area contributed by atoms with E-state index in [0.717, 1.165) is 6.07 Å². The highest BCUT2D eigenvalue weighted by Gasteiger charge is 2.22. The molecule has 0 atom stereocenters. The first-order valence-electron chi connectivity index (χ1n) is 7.52. The molecule has 1 aromatic heterocycles. The van der Waals surface area contributed by atoms with Gasteiger partial charge in [0.15, 0.2) is 11.6 Å². The fraction of sp³-hybridized carbons (Fsp3) is 0.312. The van der Waals surface area contributed by atoms with Crippen molar-refractivity contribution < 1.29 is 18.4 Å². The summed E-state index contributed by atoms with van der Waals surface area (Å²) in [6.45, 7) is 1.26. The van der Waals surface area contributed by atoms with Gasteiger partial charge in [0.25, 0.3) is 5.91 Å². The van der Waals surface area contributed by atoms with Crippen LogP contribution in [0.25, 0.3) is 0 Å². The van der Waals surface area contributed by atoms with Gasteiger partial charge < -0.3 is 15.2 Å². The van der Waals surface area contributed by atoms with E-state index in [0.29, 0.717) is 31.9 Å². The monoisotopic (exact) mass is 334 g/mol. The maximum absolute atomic E-state index is 13.7. The highest BCUT2D eigenvalue weighted by Crippen LogP contribution is 2.15. The van der Waals surface area contributed by atoms with Gasteiger partial charge in [-0.3, -0.25) is 9.59 Å². The number of benzene rings is 1. The van der Waals surface area contributed by atoms with Crippen LogP contribution in [0.1, 0.15) is 21.9 Å². The summed E-state index contributed by atoms with van der Waals surface area (Å²) in [7, 11) is 0. The van der Waals surface area contributed by atoms with Crippen LogP contribution in [0.4, 0.5) is 8.78 Å². The van der Waals surface area contributed by atoms with Crippen LogP contribution in [0.2, 0.25) is 0 Å². The minimum absolute atomic E-state index is 0.0398. The molecular formula is C16H16F2N4O2. The molecule has 0 spiro atoms. The van der Waals surface area contributed by atoms with Crippen molar-refractivity contribution in [3.63, 3.8) is 0 Å². The summed E-state index contributed by atoms with van der Waals surface area (Å²) >= 11 is 0. The Balaban J connectivity index is 1.68. The molecule has 0 bridgehead atoms. The third-order valence-corrected chi connectivity index (χ3v) is 4.05. The van der Waals surface area contributed by atoms with Crippen molar-refractivity contribution in [2.24, 2.45) is 5.73 Å². The third kappa shape index (κ3) is 3.12. The number of amides is 2. The molecule has 2 amide bonds. The summed E-state index contributed by atoms with van der Waals surface area (Å²) in [6.07, 6.45) is 1.83. The van der Waals surface area contributed by atoms with E-state index in [1.807, 2.05) is 0 Å². The second kappa shape index (κ2) is 6.38. The molecule has 0 fully saturated rings. The van der Waals surface area contributed by atoms with E-state index >= 15 is 0 Å². The molecule has 6 nitrogen and oxygen atoms in total. The summed E-state index contributed by atoms with van der Waals surface area (Å²) in [4.78, 5) is 29.3. The lowest BCUT2D eigenvalue weighted by Crippen LogP contribution is -2.35. The van der Waals surface area contributed by atoms with Crippen LogP contribution in [0.15, 0.2) is 24.4 Å². The molecule has 2 heterocycles. The molecule has 0 saturated heterocycles. The van der Waals surface area contributed by atoms with Crippen molar-refractivity contribution in [2.75, 3.05) is 13.1 Å². The van der Waals surface area contributed by atoms with E-state index < -0.39 is 17.5 Å². The van der Waals surface area contributed by atoms with Crippen LogP contribution in [-0.2, 0) is 24.2 Å². The lowest BCUT2D eigenvalue weighted by atomic mass is 10.1. The average molecular weight is 334 g/mol. The normalized spacial score (nSPS) is 14.2. The predicted octanol–water partition coefficient (Wildman–Crippen LogP) is 0.888. The van der Waals surface area contributed by atoms with Gasteiger partial charge in [0.1, 0.15) is 11.5 Å². The number of carbonyl (C=O) groups excluding carboxylic acids is 2. The van der Waals surface area contributed by atoms with Crippen LogP contribution >= 0.6 is 0 Å². The fourth-order valence-electron chi connectivity index (χ4n) is 2.75. The quantitative estimate of drug-likeness (QED) is 0.905. The minimum Gasteiger partial charge on any atom is -0.364 e. The van der Waals surface area contributed by atoms with Crippen LogP contribution in [-0.4, -0.2) is 39.4 Å². The number of fused-ring (bicyclic) bond motifs is 1. The molecule has 24 heavy (non-hydrogen) atoms. The molecule has 0 unspecified atom stereocenters. The second-order valence-electron chi connectivity index (χ2n) is 5.62. The summed E-state index contributed by atoms with van der Waals surface area (Å²) in [5, 5.41) is 0. The van der Waals surface area contributed by atoms with E-state index in [9.17, 15) is 18.4 Å². The summed E-state index contributed by atoms with van der Waals surface area (Å²) in [6, 6.07) is 3.80. The summed E-state index contributed by atoms with van der Waals surface area (Å²) in [5.41, 5.74) is 5.45. The molecule has 0 radical (unpaired) electrons. The Morgan fingerprint density at radius 2 is 2.00 bits per heavy atom. The molecule has 2 aromatic rings. The van der Waals surface area contributed by atoms with Crippen LogP contribution in [0.5, 0.6) is 0 Å². The van der Waals surface area contributed by atoms with Gasteiger partial charge in [0, 0.05) is 37.8 Å². The molecule has 2 N–H and O–H groups in total. The van der Waals surface area contributed by atoms with Crippen molar-refractivity contribution in [3.05, 3.63) is 53.1 Å². The summed E-state index contributed by atoms with van der Waals surface area (Å²) in [5.74, 6) is -2.14. The third-order valence-electron chi connectivity index (χ3n) is 4.05. The maximum atomic E-state index is 13.7. The van der Waals surface area contributed by atoms with E-state index in [4.69, 9.17) is 5.73 Å². The Kier molecular flexibility index (Phi) is 4.28. The number of hydrogen-bond acceptors (Lipinski definition) is 3. The number of rotatable bonds is 3. The van der Waals surface area contributed by atoms with Gasteiger partial charge in [0.05, 0.1) is 6.42 Å². The summed E-state index contributed by atoms with van der Waals surface area (Å²) < 4.78 is 28.7. The number of halogens is 2. The van der Waals surface area contributed by atoms with Crippen LogP contribution in [0.3, 0.4) is 0 Å². The number of aromatic nitrogens is 2. The first-order valence-corrected chi connectivity index (χ1v) is 7.52. The Labute approximate surface area is 136 Å². The van der Waals surface area contributed by atoms with Gasteiger partial charge in [0.2, 0.25) is 5.91 Å². The highest BCUT2D eigenvalue weighted by atomic mass is 19.2. The molecule has 0 aliphatic carbocycles. The lowest BCUT2D eigenvalue weighted by molar-refractivity contribution is -0.130. The highest BCUT2D eigenvalue weighted by molar-refractivity contribution is 5.90. The average Bonchev–Trinajstić information content (AvgIpc) is 2.85. The molecule has 1 aromatic carbocycles. The maximum Gasteiger partial charge on any atom is 0.268 e. The fourth-order valence-corrected chi connectivity index (χ4v) is 2.75. The van der Waals surface area contributed by atoms with E-state index in [1.54, 1.807) is 15.7 Å². The van der Waals surface area contributed by atoms with Gasteiger partial charge in [-0.2, -0.15) is 0 Å². The van der Waals surface area contributed by atoms with Crippen molar-refractivity contribution in [1.29, 1.82) is 0 Å². The molecule has 1 aliphatic heterocycles. The van der Waals surface area contributed by atoms with Gasteiger partial charge in [-0.05, 0) is 6.07 Å². The standard InChI is InChI=1S/C16H16F2N4O2/c17-11-3-1-2-10(15(11)18)8-14(23)21-5-4-13-20-12(16(19)24)9-22(13)7-6-21/h1-3,9H,4-8H2,(H2,19,24). The smallest absolute Gasteiger partial charge is 0.268 e. The lowest BCUT2D eigenvalue weighted by Gasteiger charge is -2.20.